The van der Waals surface area contributed by atoms with Crippen molar-refractivity contribution in [1.82, 2.24) is 14.3 Å². The highest BCUT2D eigenvalue weighted by molar-refractivity contribution is 8.26. The predicted molar refractivity (Wildman–Crippen MR) is 145 cm³/mol. The number of rotatable bonds is 5. The molecule has 0 aliphatic carbocycles. The summed E-state index contributed by atoms with van der Waals surface area (Å²) in [6, 6.07) is 9.94. The van der Waals surface area contributed by atoms with Gasteiger partial charge in [-0.15, -0.1) is 0 Å². The molecule has 37 heavy (non-hydrogen) atoms. The number of benzene rings is 1. The van der Waals surface area contributed by atoms with E-state index in [1.807, 2.05) is 17.9 Å². The zero-order chi connectivity index (χ0) is 26.3. The number of aromatic nitrogens is 2. The number of carbonyl (C=O) groups is 2. The maximum Gasteiger partial charge on any atom is 0.323 e. The van der Waals surface area contributed by atoms with E-state index in [4.69, 9.17) is 22.3 Å². The van der Waals surface area contributed by atoms with Crippen molar-refractivity contribution >= 4 is 63.4 Å². The summed E-state index contributed by atoms with van der Waals surface area (Å²) in [5.74, 6) is -1.59. The number of pyridine rings is 1. The molecule has 2 aliphatic rings. The van der Waals surface area contributed by atoms with E-state index in [0.29, 0.717) is 37.6 Å². The predicted octanol–water partition coefficient (Wildman–Crippen LogP) is 2.75. The molecule has 2 aliphatic heterocycles. The second-order valence-electron chi connectivity index (χ2n) is 8.65. The minimum absolute atomic E-state index is 0.123. The van der Waals surface area contributed by atoms with Gasteiger partial charge in [0.15, 0.2) is 0 Å². The third-order valence-corrected chi connectivity index (χ3v) is 7.66. The Morgan fingerprint density at radius 1 is 1.14 bits per heavy atom. The fourth-order valence-electron chi connectivity index (χ4n) is 4.40. The highest BCUT2D eigenvalue weighted by Gasteiger charge is 2.34. The van der Waals surface area contributed by atoms with Crippen molar-refractivity contribution in [2.24, 2.45) is 0 Å². The third-order valence-electron chi connectivity index (χ3n) is 6.28. The molecule has 2 aromatic heterocycles. The van der Waals surface area contributed by atoms with Crippen LogP contribution in [0.25, 0.3) is 11.7 Å². The van der Waals surface area contributed by atoms with Gasteiger partial charge in [-0.2, -0.15) is 0 Å². The summed E-state index contributed by atoms with van der Waals surface area (Å²) in [4.78, 5) is 47.9. The molecule has 0 radical (unpaired) electrons. The summed E-state index contributed by atoms with van der Waals surface area (Å²) in [5, 5.41) is 9.13. The van der Waals surface area contributed by atoms with Crippen LogP contribution in [-0.2, 0) is 9.59 Å². The molecule has 0 saturated carbocycles. The highest BCUT2D eigenvalue weighted by Crippen LogP contribution is 2.33. The number of piperazine rings is 1. The fourth-order valence-corrected chi connectivity index (χ4v) is 5.64. The molecule has 190 valence electrons. The Kier molecular flexibility index (Phi) is 6.69. The first kappa shape index (κ1) is 24.9. The molecule has 2 saturated heterocycles. The van der Waals surface area contributed by atoms with E-state index >= 15 is 0 Å². The van der Waals surface area contributed by atoms with E-state index in [0.717, 1.165) is 27.9 Å². The SMILES string of the molecule is Cc1cccn2c(=O)c(/C=C3\SC(=S)N(CC(=O)O)C3=O)c(N3CCN(c4ccc(F)cc4)CC3)nc12. The molecule has 3 aromatic rings. The number of aliphatic carboxylic acids is 1. The lowest BCUT2D eigenvalue weighted by Crippen LogP contribution is -2.47. The van der Waals surface area contributed by atoms with Crippen molar-refractivity contribution < 1.29 is 19.1 Å². The van der Waals surface area contributed by atoms with E-state index in [-0.39, 0.29) is 26.2 Å². The second kappa shape index (κ2) is 9.94. The molecule has 0 spiro atoms. The van der Waals surface area contributed by atoms with Gasteiger partial charge in [0.2, 0.25) is 0 Å². The van der Waals surface area contributed by atoms with Gasteiger partial charge in [-0.3, -0.25) is 23.7 Å². The van der Waals surface area contributed by atoms with E-state index < -0.39 is 18.4 Å². The summed E-state index contributed by atoms with van der Waals surface area (Å²) in [6.45, 7) is 3.67. The molecule has 1 aromatic carbocycles. The number of thioether (sulfide) groups is 1. The highest BCUT2D eigenvalue weighted by atomic mass is 32.2. The van der Waals surface area contributed by atoms with Crippen LogP contribution in [0.1, 0.15) is 11.1 Å². The number of fused-ring (bicyclic) bond motifs is 1. The topological polar surface area (TPSA) is 98.5 Å². The van der Waals surface area contributed by atoms with E-state index in [2.05, 4.69) is 4.90 Å². The molecule has 12 heteroatoms. The van der Waals surface area contributed by atoms with Crippen LogP contribution < -0.4 is 15.4 Å². The zero-order valence-electron chi connectivity index (χ0n) is 19.8. The normalized spacial score (nSPS) is 17.4. The van der Waals surface area contributed by atoms with Gasteiger partial charge in [-0.05, 0) is 48.9 Å². The number of carboxylic acids is 1. The minimum atomic E-state index is -1.18. The molecule has 5 rings (SSSR count). The van der Waals surface area contributed by atoms with Crippen molar-refractivity contribution in [2.75, 3.05) is 42.5 Å². The van der Waals surface area contributed by atoms with Gasteiger partial charge in [0.05, 0.1) is 10.5 Å². The van der Waals surface area contributed by atoms with Crippen LogP contribution in [0.4, 0.5) is 15.9 Å². The van der Waals surface area contributed by atoms with Crippen LogP contribution in [0.15, 0.2) is 52.3 Å². The Balaban J connectivity index is 1.53. The Morgan fingerprint density at radius 2 is 1.81 bits per heavy atom. The van der Waals surface area contributed by atoms with Crippen LogP contribution in [0.5, 0.6) is 0 Å². The summed E-state index contributed by atoms with van der Waals surface area (Å²) in [5.41, 5.74) is 2.14. The number of aryl methyl sites for hydroxylation is 1. The number of hydrogen-bond donors (Lipinski definition) is 1. The Bertz CT molecular complexity index is 1510. The number of carbonyl (C=O) groups excluding carboxylic acids is 1. The largest absolute Gasteiger partial charge is 0.480 e. The number of halogens is 1. The molecule has 0 atom stereocenters. The number of hydrogen-bond acceptors (Lipinski definition) is 8. The van der Waals surface area contributed by atoms with E-state index in [1.54, 1.807) is 24.4 Å². The Morgan fingerprint density at radius 3 is 2.49 bits per heavy atom. The molecule has 9 nitrogen and oxygen atoms in total. The lowest BCUT2D eigenvalue weighted by Gasteiger charge is -2.37. The van der Waals surface area contributed by atoms with Crippen molar-refractivity contribution in [1.29, 1.82) is 0 Å². The van der Waals surface area contributed by atoms with Crippen LogP contribution in [-0.4, -0.2) is 68.3 Å². The van der Waals surface area contributed by atoms with Gasteiger partial charge in [0, 0.05) is 38.1 Å². The summed E-state index contributed by atoms with van der Waals surface area (Å²) in [7, 11) is 0. The molecule has 2 fully saturated rings. The van der Waals surface area contributed by atoms with Gasteiger partial charge in [0.1, 0.15) is 28.1 Å². The Hall–Kier alpha value is -3.77. The number of amides is 1. The molecule has 4 heterocycles. The molecule has 1 amide bonds. The quantitative estimate of drug-likeness (QED) is 0.388. The molecular weight excluding hydrogens is 517 g/mol. The monoisotopic (exact) mass is 539 g/mol. The Labute approximate surface area is 220 Å². The minimum Gasteiger partial charge on any atom is -0.480 e. The van der Waals surface area contributed by atoms with Gasteiger partial charge >= 0.3 is 5.97 Å². The molecule has 1 N–H and O–H groups in total. The summed E-state index contributed by atoms with van der Waals surface area (Å²) >= 11 is 6.17. The van der Waals surface area contributed by atoms with Crippen molar-refractivity contribution in [3.05, 3.63) is 74.8 Å². The van der Waals surface area contributed by atoms with Crippen LogP contribution in [0.2, 0.25) is 0 Å². The van der Waals surface area contributed by atoms with Gasteiger partial charge in [-0.1, -0.05) is 30.0 Å². The first-order valence-corrected chi connectivity index (χ1v) is 12.7. The van der Waals surface area contributed by atoms with E-state index in [1.165, 1.54) is 22.6 Å². The van der Waals surface area contributed by atoms with Gasteiger partial charge in [0.25, 0.3) is 11.5 Å². The van der Waals surface area contributed by atoms with Crippen LogP contribution >= 0.6 is 24.0 Å². The number of anilines is 2. The lowest BCUT2D eigenvalue weighted by molar-refractivity contribution is -0.140. The van der Waals surface area contributed by atoms with Crippen molar-refractivity contribution in [3.8, 4) is 0 Å². The summed E-state index contributed by atoms with van der Waals surface area (Å²) < 4.78 is 14.9. The maximum absolute atomic E-state index is 13.6. The average Bonchev–Trinajstić information content (AvgIpc) is 3.13. The third kappa shape index (κ3) is 4.81. The first-order valence-electron chi connectivity index (χ1n) is 11.5. The van der Waals surface area contributed by atoms with Crippen molar-refractivity contribution in [2.45, 2.75) is 6.92 Å². The van der Waals surface area contributed by atoms with Crippen LogP contribution in [0.3, 0.4) is 0 Å². The zero-order valence-corrected chi connectivity index (χ0v) is 21.4. The second-order valence-corrected chi connectivity index (χ2v) is 10.3. The van der Waals surface area contributed by atoms with Crippen LogP contribution in [0, 0.1) is 12.7 Å². The fraction of sp³-hybridized carbons (Fsp3) is 0.240. The standard InChI is InChI=1S/C25H22FN5O4S2/c1-15-3-2-8-30-21(15)27-22(29-11-9-28(10-12-29)17-6-4-16(26)5-7-17)18(23(30)34)13-19-24(35)31(14-20(32)33)25(36)37-19/h2-8,13H,9-12,14H2,1H3,(H,32,33)/b19-13-. The first-order chi connectivity index (χ1) is 17.7. The molecule has 0 bridgehead atoms. The number of nitrogens with zero attached hydrogens (tertiary/aromatic N) is 5. The number of carboxylic acid groups (broad SMARTS) is 1. The molecule has 0 unspecified atom stereocenters. The number of thiocarbonyl (C=S) groups is 1. The average molecular weight is 540 g/mol. The van der Waals surface area contributed by atoms with E-state index in [9.17, 15) is 18.8 Å². The van der Waals surface area contributed by atoms with Gasteiger partial charge < -0.3 is 14.9 Å². The van der Waals surface area contributed by atoms with Crippen molar-refractivity contribution in [3.63, 3.8) is 0 Å². The van der Waals surface area contributed by atoms with Gasteiger partial charge in [-0.25, -0.2) is 9.37 Å². The molecular formula is C25H22FN5O4S2. The lowest BCUT2D eigenvalue weighted by atomic mass is 10.2. The summed E-state index contributed by atoms with van der Waals surface area (Å²) in [6.07, 6.45) is 3.09. The smallest absolute Gasteiger partial charge is 0.323 e. The maximum atomic E-state index is 13.6.